The predicted octanol–water partition coefficient (Wildman–Crippen LogP) is 5.29. The SMILES string of the molecule is Cc1ccc(C(=O)Nc2cc(N(C)CCN(C)C)cc(C(F)(F)F)c2)cc1Nc1ncnc2cnc(N3CCSCC3)nc12. The average Bonchev–Trinajstić information content (AvgIpc) is 3.00. The zero-order valence-corrected chi connectivity index (χ0v) is 25.8. The normalized spacial score (nSPS) is 13.8. The highest BCUT2D eigenvalue weighted by molar-refractivity contribution is 7.99. The topological polar surface area (TPSA) is 102 Å². The van der Waals surface area contributed by atoms with Crippen LogP contribution in [0.3, 0.4) is 0 Å². The molecule has 14 heteroatoms. The number of aromatic nitrogens is 4. The molecule has 4 aromatic rings. The van der Waals surface area contributed by atoms with Gasteiger partial charge in [0, 0.05) is 67.4 Å². The molecular weight excluding hydrogens is 591 g/mol. The van der Waals surface area contributed by atoms with E-state index in [-0.39, 0.29) is 11.3 Å². The molecule has 0 saturated carbocycles. The molecule has 2 aromatic carbocycles. The fourth-order valence-corrected chi connectivity index (χ4v) is 5.53. The molecule has 5 rings (SSSR count). The number of carbonyl (C=O) groups excluding carboxylic acids is 1. The molecule has 2 N–H and O–H groups in total. The summed E-state index contributed by atoms with van der Waals surface area (Å²) >= 11 is 1.89. The van der Waals surface area contributed by atoms with Gasteiger partial charge in [0.05, 0.1) is 11.8 Å². The number of hydrogen-bond acceptors (Lipinski definition) is 10. The van der Waals surface area contributed by atoms with Gasteiger partial charge in [-0.2, -0.15) is 24.9 Å². The quantitative estimate of drug-likeness (QED) is 0.255. The lowest BCUT2D eigenvalue weighted by atomic mass is 10.1. The van der Waals surface area contributed by atoms with E-state index in [2.05, 4.69) is 30.5 Å². The summed E-state index contributed by atoms with van der Waals surface area (Å²) in [5.74, 6) is 2.51. The molecule has 1 saturated heterocycles. The number of halogens is 3. The summed E-state index contributed by atoms with van der Waals surface area (Å²) in [6.45, 7) is 4.74. The minimum atomic E-state index is -4.57. The van der Waals surface area contributed by atoms with Crippen LogP contribution in [0.15, 0.2) is 48.9 Å². The summed E-state index contributed by atoms with van der Waals surface area (Å²) in [6, 6.07) is 8.60. The van der Waals surface area contributed by atoms with Crippen molar-refractivity contribution in [3.05, 3.63) is 65.6 Å². The first-order valence-corrected chi connectivity index (χ1v) is 15.2. The molecule has 1 fully saturated rings. The van der Waals surface area contributed by atoms with Crippen LogP contribution in [0.4, 0.5) is 42.0 Å². The molecule has 0 radical (unpaired) electrons. The van der Waals surface area contributed by atoms with Crippen LogP contribution < -0.4 is 20.4 Å². The van der Waals surface area contributed by atoms with E-state index in [4.69, 9.17) is 4.98 Å². The Labute approximate surface area is 258 Å². The second kappa shape index (κ2) is 13.2. The van der Waals surface area contributed by atoms with Crippen molar-refractivity contribution < 1.29 is 18.0 Å². The van der Waals surface area contributed by atoms with Crippen molar-refractivity contribution in [3.63, 3.8) is 0 Å². The summed E-state index contributed by atoms with van der Waals surface area (Å²) in [5, 5.41) is 5.93. The number of carbonyl (C=O) groups is 1. The number of anilines is 5. The van der Waals surface area contributed by atoms with Gasteiger partial charge in [-0.25, -0.2) is 19.9 Å². The van der Waals surface area contributed by atoms with Gasteiger partial charge in [0.25, 0.3) is 5.91 Å². The number of amides is 1. The molecule has 232 valence electrons. The molecule has 2 aromatic heterocycles. The standard InChI is InChI=1S/C30H34F3N9OS/c1-19-5-6-20(28(43)37-22-14-21(30(31,32)33)15-23(16-22)41(4)8-7-40(2)3)13-24(19)38-27-26-25(35-18-36-27)17-34-29(39-26)42-9-11-44-12-10-42/h5-6,13-18H,7-12H2,1-4H3,(H,37,43)(H,35,36,38). The summed E-state index contributed by atoms with van der Waals surface area (Å²) < 4.78 is 41.3. The molecule has 0 spiro atoms. The van der Waals surface area contributed by atoms with Crippen LogP contribution in [0.1, 0.15) is 21.5 Å². The zero-order chi connectivity index (χ0) is 31.4. The molecule has 44 heavy (non-hydrogen) atoms. The van der Waals surface area contributed by atoms with Crippen LogP contribution in [0.25, 0.3) is 11.0 Å². The monoisotopic (exact) mass is 625 g/mol. The van der Waals surface area contributed by atoms with Crippen molar-refractivity contribution >= 4 is 57.5 Å². The fourth-order valence-electron chi connectivity index (χ4n) is 4.63. The van der Waals surface area contributed by atoms with Crippen molar-refractivity contribution in [3.8, 4) is 0 Å². The van der Waals surface area contributed by atoms with Gasteiger partial charge in [-0.3, -0.25) is 4.79 Å². The molecule has 10 nitrogen and oxygen atoms in total. The van der Waals surface area contributed by atoms with Crippen molar-refractivity contribution in [2.75, 3.05) is 79.3 Å². The Morgan fingerprint density at radius 1 is 1.02 bits per heavy atom. The maximum absolute atomic E-state index is 13.8. The van der Waals surface area contributed by atoms with Gasteiger partial charge >= 0.3 is 6.18 Å². The summed E-state index contributed by atoms with van der Waals surface area (Å²) in [7, 11) is 5.51. The Morgan fingerprint density at radius 2 is 1.80 bits per heavy atom. The Morgan fingerprint density at radius 3 is 2.52 bits per heavy atom. The zero-order valence-electron chi connectivity index (χ0n) is 24.9. The van der Waals surface area contributed by atoms with Gasteiger partial charge in [-0.05, 0) is 56.9 Å². The lowest BCUT2D eigenvalue weighted by Gasteiger charge is -2.26. The largest absolute Gasteiger partial charge is 0.416 e. The van der Waals surface area contributed by atoms with Crippen molar-refractivity contribution in [1.82, 2.24) is 24.8 Å². The summed E-state index contributed by atoms with van der Waals surface area (Å²) in [4.78, 5) is 37.1. The first-order chi connectivity index (χ1) is 21.0. The van der Waals surface area contributed by atoms with Crippen molar-refractivity contribution in [2.24, 2.45) is 0 Å². The lowest BCUT2D eigenvalue weighted by molar-refractivity contribution is -0.137. The minimum Gasteiger partial charge on any atom is -0.373 e. The molecule has 0 aliphatic carbocycles. The van der Waals surface area contributed by atoms with Crippen LogP contribution in [-0.4, -0.2) is 89.6 Å². The summed E-state index contributed by atoms with van der Waals surface area (Å²) in [5.41, 5.74) is 2.36. The number of likely N-dealkylation sites (N-methyl/N-ethyl adjacent to an activating group) is 2. The highest BCUT2D eigenvalue weighted by Gasteiger charge is 2.32. The first-order valence-electron chi connectivity index (χ1n) is 14.1. The van der Waals surface area contributed by atoms with Crippen LogP contribution >= 0.6 is 11.8 Å². The van der Waals surface area contributed by atoms with E-state index in [1.807, 2.05) is 37.7 Å². The Balaban J connectivity index is 1.40. The maximum atomic E-state index is 13.8. The molecule has 0 bridgehead atoms. The maximum Gasteiger partial charge on any atom is 0.416 e. The van der Waals surface area contributed by atoms with E-state index < -0.39 is 17.6 Å². The number of fused-ring (bicyclic) bond motifs is 1. The number of rotatable bonds is 9. The number of nitrogens with zero attached hydrogens (tertiary/aromatic N) is 7. The van der Waals surface area contributed by atoms with E-state index in [0.717, 1.165) is 42.3 Å². The third-order valence-corrected chi connectivity index (χ3v) is 8.18. The molecule has 1 amide bonds. The van der Waals surface area contributed by atoms with Gasteiger partial charge in [0.2, 0.25) is 5.95 Å². The van der Waals surface area contributed by atoms with Crippen LogP contribution in [0.5, 0.6) is 0 Å². The third kappa shape index (κ3) is 7.48. The van der Waals surface area contributed by atoms with Gasteiger partial charge < -0.3 is 25.3 Å². The smallest absolute Gasteiger partial charge is 0.373 e. The number of aryl methyl sites for hydroxylation is 1. The van der Waals surface area contributed by atoms with E-state index in [0.29, 0.717) is 47.3 Å². The average molecular weight is 626 g/mol. The van der Waals surface area contributed by atoms with Crippen molar-refractivity contribution in [1.29, 1.82) is 0 Å². The Hall–Kier alpha value is -4.17. The van der Waals surface area contributed by atoms with Gasteiger partial charge in [0.1, 0.15) is 17.4 Å². The third-order valence-electron chi connectivity index (χ3n) is 7.24. The van der Waals surface area contributed by atoms with Crippen molar-refractivity contribution in [2.45, 2.75) is 13.1 Å². The first kappa shape index (κ1) is 31.3. The Kier molecular flexibility index (Phi) is 9.39. The predicted molar refractivity (Wildman–Crippen MR) is 170 cm³/mol. The minimum absolute atomic E-state index is 0.0498. The molecule has 3 heterocycles. The van der Waals surface area contributed by atoms with Gasteiger partial charge in [0.15, 0.2) is 5.82 Å². The molecular formula is C30H34F3N9OS. The van der Waals surface area contributed by atoms with Crippen LogP contribution in [0, 0.1) is 6.92 Å². The summed E-state index contributed by atoms with van der Waals surface area (Å²) in [6.07, 6.45) is -1.49. The van der Waals surface area contributed by atoms with Crippen LogP contribution in [-0.2, 0) is 6.18 Å². The molecule has 1 aliphatic rings. The number of thioether (sulfide) groups is 1. The Bertz CT molecular complexity index is 1640. The number of alkyl halides is 3. The molecule has 0 unspecified atom stereocenters. The molecule has 1 aliphatic heterocycles. The van der Waals surface area contributed by atoms with E-state index >= 15 is 0 Å². The molecule has 0 atom stereocenters. The highest BCUT2D eigenvalue weighted by atomic mass is 32.2. The second-order valence-corrected chi connectivity index (χ2v) is 12.1. The number of nitrogens with one attached hydrogen (secondary N) is 2. The van der Waals surface area contributed by atoms with Gasteiger partial charge in [-0.1, -0.05) is 6.07 Å². The number of benzene rings is 2. The fraction of sp³-hybridized carbons (Fsp3) is 0.367. The highest BCUT2D eigenvalue weighted by Crippen LogP contribution is 2.35. The van der Waals surface area contributed by atoms with Crippen LogP contribution in [0.2, 0.25) is 0 Å². The van der Waals surface area contributed by atoms with E-state index in [9.17, 15) is 18.0 Å². The van der Waals surface area contributed by atoms with E-state index in [1.54, 1.807) is 42.4 Å². The van der Waals surface area contributed by atoms with Gasteiger partial charge in [-0.15, -0.1) is 0 Å². The number of hydrogen-bond donors (Lipinski definition) is 2. The van der Waals surface area contributed by atoms with E-state index in [1.165, 1.54) is 6.33 Å². The second-order valence-electron chi connectivity index (χ2n) is 10.8. The lowest BCUT2D eigenvalue weighted by Crippen LogP contribution is -2.33.